The van der Waals surface area contributed by atoms with Gasteiger partial charge in [-0.05, 0) is 89.2 Å². The topological polar surface area (TPSA) is 25.8 Å². The van der Waals surface area contributed by atoms with Crippen LogP contribution in [-0.4, -0.2) is 9.97 Å². The number of hydrogen-bond donors (Lipinski definition) is 0. The Morgan fingerprint density at radius 3 is 1.80 bits per heavy atom. The Balaban J connectivity index is 1.39. The number of benzene rings is 6. The lowest BCUT2D eigenvalue weighted by Crippen LogP contribution is -1.90. The number of aryl methyl sites for hydroxylation is 3. The molecular weight excluding hydrogens is 504 g/mol. The summed E-state index contributed by atoms with van der Waals surface area (Å²) in [6.45, 7) is 6.68. The summed E-state index contributed by atoms with van der Waals surface area (Å²) in [5.41, 5.74) is 10.9. The highest BCUT2D eigenvalue weighted by Crippen LogP contribution is 2.43. The fourth-order valence-corrected chi connectivity index (χ4v) is 7.64. The highest BCUT2D eigenvalue weighted by atomic mass is 32.1. The van der Waals surface area contributed by atoms with Gasteiger partial charge >= 0.3 is 0 Å². The van der Waals surface area contributed by atoms with E-state index in [9.17, 15) is 0 Å². The first-order valence-electron chi connectivity index (χ1n) is 13.7. The van der Waals surface area contributed by atoms with Crippen LogP contribution in [0, 0.1) is 20.8 Å². The van der Waals surface area contributed by atoms with Gasteiger partial charge in [0, 0.05) is 43.3 Å². The van der Waals surface area contributed by atoms with Gasteiger partial charge in [-0.2, -0.15) is 0 Å². The van der Waals surface area contributed by atoms with E-state index in [0.717, 1.165) is 21.8 Å². The van der Waals surface area contributed by atoms with Crippen LogP contribution < -0.4 is 0 Å². The molecule has 0 amide bonds. The van der Waals surface area contributed by atoms with Crippen molar-refractivity contribution < 1.29 is 0 Å². The third kappa shape index (κ3) is 3.41. The molecule has 190 valence electrons. The van der Waals surface area contributed by atoms with E-state index in [1.807, 2.05) is 11.3 Å². The summed E-state index contributed by atoms with van der Waals surface area (Å²) in [6.07, 6.45) is 3.57. The minimum Gasteiger partial charge on any atom is -0.252 e. The Morgan fingerprint density at radius 1 is 0.475 bits per heavy atom. The fourth-order valence-electron chi connectivity index (χ4n) is 6.44. The minimum absolute atomic E-state index is 0.951. The van der Waals surface area contributed by atoms with Gasteiger partial charge in [0.25, 0.3) is 0 Å². The molecule has 0 aliphatic carbocycles. The molecule has 0 aliphatic rings. The summed E-state index contributed by atoms with van der Waals surface area (Å²) in [5, 5.41) is 7.40. The number of aromatic nitrogens is 2. The maximum atomic E-state index is 4.74. The Hall–Kier alpha value is -4.60. The molecule has 0 atom stereocenters. The molecule has 0 saturated carbocycles. The molecule has 8 rings (SSSR count). The molecule has 0 saturated heterocycles. The summed E-state index contributed by atoms with van der Waals surface area (Å²) < 4.78 is 2.78. The van der Waals surface area contributed by atoms with Crippen LogP contribution in [0.4, 0.5) is 0 Å². The normalized spacial score (nSPS) is 11.9. The highest BCUT2D eigenvalue weighted by Gasteiger charge is 2.16. The van der Waals surface area contributed by atoms with E-state index in [4.69, 9.17) is 9.97 Å². The average molecular weight is 531 g/mol. The second kappa shape index (κ2) is 8.70. The Bertz CT molecular complexity index is 2270. The van der Waals surface area contributed by atoms with Crippen LogP contribution >= 0.6 is 11.3 Å². The summed E-state index contributed by atoms with van der Waals surface area (Å²) in [7, 11) is 0. The van der Waals surface area contributed by atoms with Crippen LogP contribution in [0.15, 0.2) is 103 Å². The van der Waals surface area contributed by atoms with Crippen LogP contribution in [0.25, 0.3) is 75.0 Å². The summed E-state index contributed by atoms with van der Waals surface area (Å²) in [5.74, 6) is 0. The van der Waals surface area contributed by atoms with E-state index >= 15 is 0 Å². The zero-order valence-corrected chi connectivity index (χ0v) is 23.4. The molecule has 8 aromatic rings. The summed E-state index contributed by atoms with van der Waals surface area (Å²) in [6, 6.07) is 33.5. The lowest BCUT2D eigenvalue weighted by Gasteiger charge is -2.14. The molecule has 0 radical (unpaired) electrons. The van der Waals surface area contributed by atoms with E-state index in [1.54, 1.807) is 12.4 Å². The molecule has 0 unspecified atom stereocenters. The predicted octanol–water partition coefficient (Wildman–Crippen LogP) is 10.6. The predicted molar refractivity (Wildman–Crippen MR) is 173 cm³/mol. The quantitative estimate of drug-likeness (QED) is 0.208. The van der Waals surface area contributed by atoms with Crippen molar-refractivity contribution in [2.45, 2.75) is 20.8 Å². The van der Waals surface area contributed by atoms with Crippen molar-refractivity contribution in [3.05, 3.63) is 120 Å². The molecule has 0 aliphatic heterocycles. The highest BCUT2D eigenvalue weighted by molar-refractivity contribution is 7.26. The monoisotopic (exact) mass is 530 g/mol. The van der Waals surface area contributed by atoms with E-state index in [0.29, 0.717) is 0 Å². The van der Waals surface area contributed by atoms with Gasteiger partial charge < -0.3 is 0 Å². The minimum atomic E-state index is 0.951. The molecule has 2 nitrogen and oxygen atoms in total. The SMILES string of the molecule is Cc1cc(C)c2sc3c(C)cc(-c4ccccc4-c4ccc5c(c4)c4ccccc4c4nccnc54)cc3c2c1. The first-order valence-corrected chi connectivity index (χ1v) is 14.5. The van der Waals surface area contributed by atoms with Gasteiger partial charge in [-0.3, -0.25) is 9.97 Å². The third-order valence-corrected chi connectivity index (χ3v) is 9.67. The maximum Gasteiger partial charge on any atom is 0.0971 e. The largest absolute Gasteiger partial charge is 0.252 e. The van der Waals surface area contributed by atoms with Gasteiger partial charge in [0.15, 0.2) is 0 Å². The Labute approximate surface area is 236 Å². The van der Waals surface area contributed by atoms with Gasteiger partial charge in [0.05, 0.1) is 11.0 Å². The fraction of sp³-hybridized carbons (Fsp3) is 0.0811. The number of hydrogen-bond acceptors (Lipinski definition) is 3. The molecular formula is C37H26N2S. The lowest BCUT2D eigenvalue weighted by molar-refractivity contribution is 1.31. The number of thiophene rings is 1. The second-order valence-electron chi connectivity index (χ2n) is 10.8. The van der Waals surface area contributed by atoms with Crippen LogP contribution in [0.1, 0.15) is 16.7 Å². The standard InChI is InChI=1S/C37H26N2S/c1-21-16-22(2)36-32(17-21)33-20-25(18-23(3)37(33)40-36)27-9-5-4-8-26(27)24-12-13-30-31(19-24)28-10-6-7-11-29(28)34-35(30)39-15-14-38-34/h4-20H,1-3H3. The second-order valence-corrected chi connectivity index (χ2v) is 11.9. The van der Waals surface area contributed by atoms with Gasteiger partial charge in [-0.1, -0.05) is 72.3 Å². The zero-order valence-electron chi connectivity index (χ0n) is 22.6. The first-order chi connectivity index (χ1) is 19.6. The number of nitrogens with zero attached hydrogens (tertiary/aromatic N) is 2. The molecule has 40 heavy (non-hydrogen) atoms. The van der Waals surface area contributed by atoms with Gasteiger partial charge in [-0.15, -0.1) is 11.3 Å². The van der Waals surface area contributed by atoms with E-state index < -0.39 is 0 Å². The van der Waals surface area contributed by atoms with Gasteiger partial charge in [0.1, 0.15) is 0 Å². The molecule has 2 aromatic heterocycles. The van der Waals surface area contributed by atoms with Crippen LogP contribution in [0.2, 0.25) is 0 Å². The van der Waals surface area contributed by atoms with Crippen molar-refractivity contribution in [3.63, 3.8) is 0 Å². The van der Waals surface area contributed by atoms with E-state index in [-0.39, 0.29) is 0 Å². The van der Waals surface area contributed by atoms with Crippen molar-refractivity contribution in [1.82, 2.24) is 9.97 Å². The van der Waals surface area contributed by atoms with Crippen molar-refractivity contribution in [1.29, 1.82) is 0 Å². The molecule has 0 N–H and O–H groups in total. The van der Waals surface area contributed by atoms with Gasteiger partial charge in [0.2, 0.25) is 0 Å². The smallest absolute Gasteiger partial charge is 0.0971 e. The van der Waals surface area contributed by atoms with Crippen molar-refractivity contribution >= 4 is 64.1 Å². The Kier molecular flexibility index (Phi) is 5.07. The van der Waals surface area contributed by atoms with Crippen molar-refractivity contribution in [2.75, 3.05) is 0 Å². The molecule has 3 heteroatoms. The van der Waals surface area contributed by atoms with E-state index in [2.05, 4.69) is 112 Å². The molecule has 6 aromatic carbocycles. The summed E-state index contributed by atoms with van der Waals surface area (Å²) in [4.78, 5) is 9.43. The zero-order chi connectivity index (χ0) is 27.0. The van der Waals surface area contributed by atoms with Gasteiger partial charge in [-0.25, -0.2) is 0 Å². The third-order valence-electron chi connectivity index (χ3n) is 8.18. The molecule has 2 heterocycles. The number of rotatable bonds is 2. The number of fused-ring (bicyclic) bond motifs is 9. The molecule has 0 bridgehead atoms. The van der Waals surface area contributed by atoms with Crippen LogP contribution in [0.3, 0.4) is 0 Å². The summed E-state index contributed by atoms with van der Waals surface area (Å²) >= 11 is 1.92. The van der Waals surface area contributed by atoms with E-state index in [1.165, 1.54) is 69.9 Å². The molecule has 0 spiro atoms. The lowest BCUT2D eigenvalue weighted by atomic mass is 9.90. The van der Waals surface area contributed by atoms with Crippen molar-refractivity contribution in [3.8, 4) is 22.3 Å². The average Bonchev–Trinajstić information content (AvgIpc) is 3.36. The first kappa shape index (κ1) is 23.3. The molecule has 0 fully saturated rings. The maximum absolute atomic E-state index is 4.74. The van der Waals surface area contributed by atoms with Crippen LogP contribution in [-0.2, 0) is 0 Å². The Morgan fingerprint density at radius 2 is 1.05 bits per heavy atom. The van der Waals surface area contributed by atoms with Crippen molar-refractivity contribution in [2.24, 2.45) is 0 Å². The van der Waals surface area contributed by atoms with Crippen LogP contribution in [0.5, 0.6) is 0 Å².